The molecule has 9 heteroatoms. The number of aromatic nitrogens is 1. The van der Waals surface area contributed by atoms with Crippen LogP contribution in [0.15, 0.2) is 30.5 Å². The zero-order valence-corrected chi connectivity index (χ0v) is 17.3. The number of hydrogen-bond acceptors (Lipinski definition) is 6. The Bertz CT molecular complexity index is 825. The van der Waals surface area contributed by atoms with Gasteiger partial charge in [-0.1, -0.05) is 23.2 Å². The Hall–Kier alpha value is -2.22. The molecule has 1 N–H and O–H groups in total. The zero-order valence-electron chi connectivity index (χ0n) is 15.7. The molecule has 0 radical (unpaired) electrons. The lowest BCUT2D eigenvalue weighted by Gasteiger charge is -2.35. The Labute approximate surface area is 174 Å². The van der Waals surface area contributed by atoms with E-state index in [4.69, 9.17) is 32.7 Å². The van der Waals surface area contributed by atoms with E-state index in [0.717, 1.165) is 32.0 Å². The predicted octanol–water partition coefficient (Wildman–Crippen LogP) is 3.17. The monoisotopic (exact) mass is 424 g/mol. The molecule has 1 aliphatic heterocycles. The van der Waals surface area contributed by atoms with E-state index in [1.54, 1.807) is 18.3 Å². The number of carbonyl (C=O) groups is 1. The Balaban J connectivity index is 1.55. The van der Waals surface area contributed by atoms with Crippen molar-refractivity contribution in [1.29, 1.82) is 0 Å². The Morgan fingerprint density at radius 2 is 1.82 bits per heavy atom. The summed E-state index contributed by atoms with van der Waals surface area (Å²) in [5.74, 6) is 1.75. The standard InChI is InChI=1S/C19H22Cl2N4O3/c1-27-16-10-17(28-2)15(9-14(16)21)23-19(26)12-24-5-7-25(8-6-24)18-4-3-13(20)11-22-18/h3-4,9-11H,5-8,12H2,1-2H3,(H,23,26). The summed E-state index contributed by atoms with van der Waals surface area (Å²) in [6.07, 6.45) is 1.64. The fourth-order valence-corrected chi connectivity index (χ4v) is 3.39. The first kappa shape index (κ1) is 20.5. The van der Waals surface area contributed by atoms with Gasteiger partial charge in [-0.2, -0.15) is 0 Å². The Kier molecular flexibility index (Phi) is 6.83. The van der Waals surface area contributed by atoms with Crippen LogP contribution < -0.4 is 19.7 Å². The van der Waals surface area contributed by atoms with Crippen molar-refractivity contribution in [2.45, 2.75) is 0 Å². The SMILES string of the molecule is COc1cc(OC)c(NC(=O)CN2CCN(c3ccc(Cl)cn3)CC2)cc1Cl. The van der Waals surface area contributed by atoms with Crippen LogP contribution in [0.25, 0.3) is 0 Å². The summed E-state index contributed by atoms with van der Waals surface area (Å²) in [6, 6.07) is 7.01. The quantitative estimate of drug-likeness (QED) is 0.767. The minimum Gasteiger partial charge on any atom is -0.495 e. The smallest absolute Gasteiger partial charge is 0.238 e. The van der Waals surface area contributed by atoms with Gasteiger partial charge in [0.25, 0.3) is 0 Å². The molecule has 28 heavy (non-hydrogen) atoms. The molecule has 0 atom stereocenters. The molecule has 0 saturated carbocycles. The van der Waals surface area contributed by atoms with Crippen LogP contribution in [-0.4, -0.2) is 62.7 Å². The molecule has 1 aromatic heterocycles. The first-order valence-electron chi connectivity index (χ1n) is 8.80. The van der Waals surface area contributed by atoms with Crippen molar-refractivity contribution in [3.8, 4) is 11.5 Å². The molecule has 150 valence electrons. The van der Waals surface area contributed by atoms with E-state index in [1.807, 2.05) is 12.1 Å². The highest BCUT2D eigenvalue weighted by Crippen LogP contribution is 2.35. The summed E-state index contributed by atoms with van der Waals surface area (Å²) in [6.45, 7) is 3.39. The molecule has 2 heterocycles. The molecule has 2 aromatic rings. The highest BCUT2D eigenvalue weighted by Gasteiger charge is 2.21. The van der Waals surface area contributed by atoms with Gasteiger partial charge in [-0.25, -0.2) is 4.98 Å². The number of benzene rings is 1. The highest BCUT2D eigenvalue weighted by atomic mass is 35.5. The second-order valence-electron chi connectivity index (χ2n) is 6.33. The van der Waals surface area contributed by atoms with Crippen LogP contribution in [0.1, 0.15) is 0 Å². The maximum absolute atomic E-state index is 12.5. The number of rotatable bonds is 6. The van der Waals surface area contributed by atoms with Gasteiger partial charge in [0.05, 0.1) is 36.5 Å². The summed E-state index contributed by atoms with van der Waals surface area (Å²) >= 11 is 12.0. The summed E-state index contributed by atoms with van der Waals surface area (Å²) in [5.41, 5.74) is 0.516. The van der Waals surface area contributed by atoms with E-state index in [0.29, 0.717) is 27.2 Å². The molecule has 0 spiro atoms. The minimum absolute atomic E-state index is 0.127. The van der Waals surface area contributed by atoms with Crippen molar-refractivity contribution in [3.63, 3.8) is 0 Å². The normalized spacial score (nSPS) is 14.6. The van der Waals surface area contributed by atoms with Gasteiger partial charge in [-0.05, 0) is 18.2 Å². The third kappa shape index (κ3) is 4.98. The number of pyridine rings is 1. The van der Waals surface area contributed by atoms with E-state index in [-0.39, 0.29) is 12.5 Å². The molecule has 0 bridgehead atoms. The first-order valence-corrected chi connectivity index (χ1v) is 9.56. The predicted molar refractivity (Wildman–Crippen MR) is 111 cm³/mol. The largest absolute Gasteiger partial charge is 0.495 e. The number of hydrogen-bond donors (Lipinski definition) is 1. The number of nitrogens with zero attached hydrogens (tertiary/aromatic N) is 3. The fourth-order valence-electron chi connectivity index (χ4n) is 3.04. The average Bonchev–Trinajstić information content (AvgIpc) is 2.69. The van der Waals surface area contributed by atoms with Crippen molar-refractivity contribution >= 4 is 40.6 Å². The summed E-state index contributed by atoms with van der Waals surface area (Å²) in [7, 11) is 3.06. The lowest BCUT2D eigenvalue weighted by Crippen LogP contribution is -2.48. The van der Waals surface area contributed by atoms with Crippen LogP contribution in [-0.2, 0) is 4.79 Å². The van der Waals surface area contributed by atoms with Gasteiger partial charge in [0.1, 0.15) is 17.3 Å². The number of anilines is 2. The lowest BCUT2D eigenvalue weighted by molar-refractivity contribution is -0.117. The number of amides is 1. The van der Waals surface area contributed by atoms with Gasteiger partial charge in [0.2, 0.25) is 5.91 Å². The third-order valence-electron chi connectivity index (χ3n) is 4.52. The average molecular weight is 425 g/mol. The highest BCUT2D eigenvalue weighted by molar-refractivity contribution is 6.32. The van der Waals surface area contributed by atoms with Crippen molar-refractivity contribution in [2.75, 3.05) is 57.2 Å². The van der Waals surface area contributed by atoms with Crippen LogP contribution in [0.2, 0.25) is 10.0 Å². The number of halogens is 2. The van der Waals surface area contributed by atoms with Gasteiger partial charge in [-0.3, -0.25) is 9.69 Å². The van der Waals surface area contributed by atoms with E-state index in [2.05, 4.69) is 20.1 Å². The molecular formula is C19H22Cl2N4O3. The van der Waals surface area contributed by atoms with Gasteiger partial charge in [-0.15, -0.1) is 0 Å². The molecule has 1 aliphatic rings. The van der Waals surface area contributed by atoms with Crippen molar-refractivity contribution in [1.82, 2.24) is 9.88 Å². The molecule has 1 saturated heterocycles. The van der Waals surface area contributed by atoms with E-state index >= 15 is 0 Å². The van der Waals surface area contributed by atoms with E-state index in [9.17, 15) is 4.79 Å². The molecule has 1 fully saturated rings. The number of piperazine rings is 1. The fraction of sp³-hybridized carbons (Fsp3) is 0.368. The second kappa shape index (κ2) is 9.32. The molecule has 0 unspecified atom stereocenters. The van der Waals surface area contributed by atoms with E-state index in [1.165, 1.54) is 14.2 Å². The summed E-state index contributed by atoms with van der Waals surface area (Å²) in [5, 5.41) is 3.89. The van der Waals surface area contributed by atoms with Crippen LogP contribution in [0.4, 0.5) is 11.5 Å². The van der Waals surface area contributed by atoms with Gasteiger partial charge < -0.3 is 19.7 Å². The first-order chi connectivity index (χ1) is 13.5. The van der Waals surface area contributed by atoms with E-state index < -0.39 is 0 Å². The Morgan fingerprint density at radius 1 is 1.11 bits per heavy atom. The van der Waals surface area contributed by atoms with Crippen LogP contribution >= 0.6 is 23.2 Å². The molecule has 7 nitrogen and oxygen atoms in total. The molecule has 0 aliphatic carbocycles. The van der Waals surface area contributed by atoms with Crippen molar-refractivity contribution in [3.05, 3.63) is 40.5 Å². The second-order valence-corrected chi connectivity index (χ2v) is 7.18. The third-order valence-corrected chi connectivity index (χ3v) is 5.04. The van der Waals surface area contributed by atoms with Crippen LogP contribution in [0, 0.1) is 0 Å². The number of methoxy groups -OCH3 is 2. The zero-order chi connectivity index (χ0) is 20.1. The van der Waals surface area contributed by atoms with Gasteiger partial charge in [0, 0.05) is 38.4 Å². The minimum atomic E-state index is -0.127. The summed E-state index contributed by atoms with van der Waals surface area (Å²) in [4.78, 5) is 21.1. The Morgan fingerprint density at radius 3 is 2.43 bits per heavy atom. The lowest BCUT2D eigenvalue weighted by atomic mass is 10.2. The van der Waals surface area contributed by atoms with Crippen molar-refractivity contribution in [2.24, 2.45) is 0 Å². The topological polar surface area (TPSA) is 66.9 Å². The van der Waals surface area contributed by atoms with Crippen LogP contribution in [0.3, 0.4) is 0 Å². The molecular weight excluding hydrogens is 403 g/mol. The van der Waals surface area contributed by atoms with Gasteiger partial charge >= 0.3 is 0 Å². The van der Waals surface area contributed by atoms with Crippen molar-refractivity contribution < 1.29 is 14.3 Å². The number of carbonyl (C=O) groups excluding carboxylic acids is 1. The maximum atomic E-state index is 12.5. The molecule has 1 aromatic carbocycles. The number of nitrogens with one attached hydrogen (secondary N) is 1. The summed E-state index contributed by atoms with van der Waals surface area (Å²) < 4.78 is 10.5. The molecule has 1 amide bonds. The van der Waals surface area contributed by atoms with Crippen LogP contribution in [0.5, 0.6) is 11.5 Å². The van der Waals surface area contributed by atoms with Gasteiger partial charge in [0.15, 0.2) is 0 Å². The number of ether oxygens (including phenoxy) is 2. The maximum Gasteiger partial charge on any atom is 0.238 e. The molecule has 3 rings (SSSR count).